The van der Waals surface area contributed by atoms with Gasteiger partial charge in [-0.3, -0.25) is 5.32 Å². The fourth-order valence-electron chi connectivity index (χ4n) is 3.74. The number of aromatic nitrogens is 4. The van der Waals surface area contributed by atoms with Crippen molar-refractivity contribution in [1.82, 2.24) is 19.6 Å². The van der Waals surface area contributed by atoms with E-state index in [-0.39, 0.29) is 29.7 Å². The van der Waals surface area contributed by atoms with Crippen molar-refractivity contribution in [2.45, 2.75) is 5.92 Å². The standard InChI is InChI=1S/C21H15N5O4/c27-19(28)16-9-26-20(22-11-23-26)24-18(16)25-21(29)30-10-17-14-7-3-1-5-12(14)13-6-2-4-8-15(13)17/h1-9,11,17H,10H2,(H,27,28)(H,22,23,24,25,29). The Labute approximate surface area is 170 Å². The van der Waals surface area contributed by atoms with Gasteiger partial charge in [-0.25, -0.2) is 14.1 Å². The molecule has 9 heteroatoms. The van der Waals surface area contributed by atoms with E-state index in [0.717, 1.165) is 22.3 Å². The molecule has 0 saturated heterocycles. The Kier molecular flexibility index (Phi) is 4.13. The predicted molar refractivity (Wildman–Crippen MR) is 106 cm³/mol. The number of carbonyl (C=O) groups excluding carboxylic acids is 1. The van der Waals surface area contributed by atoms with E-state index in [1.807, 2.05) is 48.5 Å². The van der Waals surface area contributed by atoms with Crippen molar-refractivity contribution in [1.29, 1.82) is 0 Å². The molecule has 148 valence electrons. The van der Waals surface area contributed by atoms with E-state index in [0.29, 0.717) is 0 Å². The molecule has 2 N–H and O–H groups in total. The highest BCUT2D eigenvalue weighted by molar-refractivity contribution is 5.97. The van der Waals surface area contributed by atoms with Crippen LogP contribution < -0.4 is 5.32 Å². The maximum atomic E-state index is 12.4. The molecule has 0 saturated carbocycles. The predicted octanol–water partition coefficient (Wildman–Crippen LogP) is 3.18. The first-order valence-electron chi connectivity index (χ1n) is 9.17. The maximum Gasteiger partial charge on any atom is 0.412 e. The smallest absolute Gasteiger partial charge is 0.412 e. The van der Waals surface area contributed by atoms with E-state index < -0.39 is 12.1 Å². The maximum absolute atomic E-state index is 12.4. The van der Waals surface area contributed by atoms with Crippen LogP contribution in [0.5, 0.6) is 0 Å². The summed E-state index contributed by atoms with van der Waals surface area (Å²) in [5.74, 6) is -1.35. The molecule has 2 aromatic heterocycles. The van der Waals surface area contributed by atoms with Crippen molar-refractivity contribution in [3.8, 4) is 11.1 Å². The molecule has 0 atom stereocenters. The number of nitrogens with one attached hydrogen (secondary N) is 1. The molecular weight excluding hydrogens is 386 g/mol. The lowest BCUT2D eigenvalue weighted by Gasteiger charge is -2.15. The van der Waals surface area contributed by atoms with Gasteiger partial charge in [0.25, 0.3) is 5.78 Å². The Morgan fingerprint density at radius 1 is 1.07 bits per heavy atom. The van der Waals surface area contributed by atoms with E-state index in [1.165, 1.54) is 17.0 Å². The molecule has 0 bridgehead atoms. The highest BCUT2D eigenvalue weighted by atomic mass is 16.5. The van der Waals surface area contributed by atoms with E-state index in [1.54, 1.807) is 0 Å². The SMILES string of the molecule is O=C(Nc1nc2ncnn2cc1C(=O)O)OCC1c2ccccc2-c2ccccc21. The summed E-state index contributed by atoms with van der Waals surface area (Å²) in [5.41, 5.74) is 4.19. The average molecular weight is 401 g/mol. The van der Waals surface area contributed by atoms with Gasteiger partial charge in [-0.1, -0.05) is 48.5 Å². The number of aromatic carboxylic acids is 1. The quantitative estimate of drug-likeness (QED) is 0.539. The molecule has 2 aromatic carbocycles. The lowest BCUT2D eigenvalue weighted by molar-refractivity contribution is 0.0697. The van der Waals surface area contributed by atoms with Gasteiger partial charge in [-0.15, -0.1) is 0 Å². The van der Waals surface area contributed by atoms with Crippen LogP contribution in [-0.4, -0.2) is 43.4 Å². The molecule has 1 aliphatic carbocycles. The zero-order chi connectivity index (χ0) is 20.7. The van der Waals surface area contributed by atoms with Crippen LogP contribution in [0, 0.1) is 0 Å². The normalized spacial score (nSPS) is 12.4. The number of rotatable bonds is 4. The van der Waals surface area contributed by atoms with E-state index >= 15 is 0 Å². The molecule has 30 heavy (non-hydrogen) atoms. The molecule has 0 aliphatic heterocycles. The summed E-state index contributed by atoms with van der Waals surface area (Å²) >= 11 is 0. The highest BCUT2D eigenvalue weighted by Crippen LogP contribution is 2.44. The van der Waals surface area contributed by atoms with Gasteiger partial charge < -0.3 is 9.84 Å². The van der Waals surface area contributed by atoms with Crippen LogP contribution in [0.3, 0.4) is 0 Å². The van der Waals surface area contributed by atoms with E-state index in [9.17, 15) is 14.7 Å². The summed E-state index contributed by atoms with van der Waals surface area (Å²) in [6.45, 7) is 0.107. The number of benzene rings is 2. The number of carbonyl (C=O) groups is 2. The number of anilines is 1. The Morgan fingerprint density at radius 3 is 2.40 bits per heavy atom. The van der Waals surface area contributed by atoms with Crippen LogP contribution in [0.1, 0.15) is 27.4 Å². The summed E-state index contributed by atoms with van der Waals surface area (Å²) in [7, 11) is 0. The zero-order valence-corrected chi connectivity index (χ0v) is 15.5. The van der Waals surface area contributed by atoms with Gasteiger partial charge in [-0.05, 0) is 22.3 Å². The Hall–Kier alpha value is -4.27. The molecule has 1 amide bonds. The minimum absolute atomic E-state index is 0.103. The first-order valence-corrected chi connectivity index (χ1v) is 9.17. The molecular formula is C21H15N5O4. The van der Waals surface area contributed by atoms with Crippen molar-refractivity contribution in [3.63, 3.8) is 0 Å². The fourth-order valence-corrected chi connectivity index (χ4v) is 3.74. The van der Waals surface area contributed by atoms with E-state index in [2.05, 4.69) is 20.4 Å². The third kappa shape index (κ3) is 2.93. The van der Waals surface area contributed by atoms with Crippen molar-refractivity contribution in [3.05, 3.63) is 77.7 Å². The number of carboxylic acid groups (broad SMARTS) is 1. The van der Waals surface area contributed by atoms with Crippen LogP contribution >= 0.6 is 0 Å². The number of hydrogen-bond acceptors (Lipinski definition) is 6. The van der Waals surface area contributed by atoms with Crippen molar-refractivity contribution in [2.24, 2.45) is 0 Å². The summed E-state index contributed by atoms with van der Waals surface area (Å²) in [4.78, 5) is 31.9. The fraction of sp³-hybridized carbons (Fsp3) is 0.0952. The van der Waals surface area contributed by atoms with Crippen molar-refractivity contribution >= 4 is 23.7 Å². The third-order valence-corrected chi connectivity index (χ3v) is 5.07. The second kappa shape index (κ2) is 6.96. The van der Waals surface area contributed by atoms with Crippen LogP contribution in [0.15, 0.2) is 61.1 Å². The van der Waals surface area contributed by atoms with Gasteiger partial charge in [0.2, 0.25) is 0 Å². The molecule has 5 rings (SSSR count). The van der Waals surface area contributed by atoms with Gasteiger partial charge in [0, 0.05) is 5.92 Å². The Bertz CT molecular complexity index is 1250. The summed E-state index contributed by atoms with van der Waals surface area (Å²) in [5, 5.41) is 15.7. The number of nitrogens with zero attached hydrogens (tertiary/aromatic N) is 4. The first-order chi connectivity index (χ1) is 14.6. The van der Waals surface area contributed by atoms with Crippen molar-refractivity contribution < 1.29 is 19.4 Å². The van der Waals surface area contributed by atoms with Gasteiger partial charge in [-0.2, -0.15) is 15.1 Å². The van der Waals surface area contributed by atoms with Gasteiger partial charge >= 0.3 is 12.1 Å². The highest BCUT2D eigenvalue weighted by Gasteiger charge is 2.29. The largest absolute Gasteiger partial charge is 0.477 e. The Balaban J connectivity index is 1.37. The molecule has 0 unspecified atom stereocenters. The number of fused-ring (bicyclic) bond motifs is 4. The molecule has 0 spiro atoms. The topological polar surface area (TPSA) is 119 Å². The van der Waals surface area contributed by atoms with Gasteiger partial charge in [0.1, 0.15) is 18.5 Å². The lowest BCUT2D eigenvalue weighted by Crippen LogP contribution is -2.20. The van der Waals surface area contributed by atoms with Gasteiger partial charge in [0.05, 0.1) is 6.20 Å². The van der Waals surface area contributed by atoms with Crippen LogP contribution in [0.25, 0.3) is 16.9 Å². The monoisotopic (exact) mass is 401 g/mol. The molecule has 4 aromatic rings. The van der Waals surface area contributed by atoms with Crippen LogP contribution in [-0.2, 0) is 4.74 Å². The molecule has 0 fully saturated rings. The number of hydrogen-bond donors (Lipinski definition) is 2. The number of carboxylic acids is 1. The lowest BCUT2D eigenvalue weighted by atomic mass is 9.98. The Morgan fingerprint density at radius 2 is 1.73 bits per heavy atom. The third-order valence-electron chi connectivity index (χ3n) is 5.07. The van der Waals surface area contributed by atoms with Crippen molar-refractivity contribution in [2.75, 3.05) is 11.9 Å². The minimum Gasteiger partial charge on any atom is -0.477 e. The second-order valence-corrected chi connectivity index (χ2v) is 6.76. The summed E-state index contributed by atoms with van der Waals surface area (Å²) in [6.07, 6.45) is 1.68. The van der Waals surface area contributed by atoms with Crippen LogP contribution in [0.4, 0.5) is 10.6 Å². The van der Waals surface area contributed by atoms with Crippen LogP contribution in [0.2, 0.25) is 0 Å². The summed E-state index contributed by atoms with van der Waals surface area (Å²) in [6, 6.07) is 16.0. The molecule has 1 aliphatic rings. The summed E-state index contributed by atoms with van der Waals surface area (Å²) < 4.78 is 6.66. The number of ether oxygens (including phenoxy) is 1. The second-order valence-electron chi connectivity index (χ2n) is 6.76. The molecule has 0 radical (unpaired) electrons. The average Bonchev–Trinajstić information content (AvgIpc) is 3.33. The number of amides is 1. The molecule has 9 nitrogen and oxygen atoms in total. The minimum atomic E-state index is -1.26. The first kappa shape index (κ1) is 17.8. The zero-order valence-electron chi connectivity index (χ0n) is 15.5. The van der Waals surface area contributed by atoms with Gasteiger partial charge in [0.15, 0.2) is 5.82 Å². The molecule has 2 heterocycles. The van der Waals surface area contributed by atoms with E-state index in [4.69, 9.17) is 4.74 Å².